The Labute approximate surface area is 138 Å². The van der Waals surface area contributed by atoms with Gasteiger partial charge >= 0.3 is 0 Å². The second kappa shape index (κ2) is 8.28. The zero-order valence-electron chi connectivity index (χ0n) is 13.3. The lowest BCUT2D eigenvalue weighted by Crippen LogP contribution is -2.17. The minimum absolute atomic E-state index is 0.210. The van der Waals surface area contributed by atoms with Crippen LogP contribution in [0.4, 0.5) is 0 Å². The summed E-state index contributed by atoms with van der Waals surface area (Å²) in [6, 6.07) is 7.36. The highest BCUT2D eigenvalue weighted by atomic mass is 32.1. The van der Waals surface area contributed by atoms with Gasteiger partial charge in [-0.2, -0.15) is 0 Å². The Kier molecular flexibility index (Phi) is 6.37. The van der Waals surface area contributed by atoms with Gasteiger partial charge in [-0.15, -0.1) is 0 Å². The van der Waals surface area contributed by atoms with Crippen LogP contribution in [0.25, 0.3) is 0 Å². The third-order valence-electron chi connectivity index (χ3n) is 4.41. The Hall–Kier alpha value is -1.42. The number of carbonyl (C=O) groups is 1. The van der Waals surface area contributed by atoms with Crippen LogP contribution in [-0.4, -0.2) is 24.6 Å². The van der Waals surface area contributed by atoms with Gasteiger partial charge in [0.05, 0.1) is 13.7 Å². The molecule has 0 aliphatic heterocycles. The number of benzene rings is 1. The molecule has 0 N–H and O–H groups in total. The third kappa shape index (κ3) is 4.54. The van der Waals surface area contributed by atoms with Crippen molar-refractivity contribution in [1.29, 1.82) is 0 Å². The standard InChI is InChI=1S/C18H24O3S/c1-3-21-18(22)12-15-6-4-5-14(15)11-17(19)13-7-9-16(20-2)10-8-13/h7-10,14-15H,3-6,11-12H2,1-2H3/t14-,15-/m0/s1. The molecule has 3 nitrogen and oxygen atoms in total. The van der Waals surface area contributed by atoms with Crippen LogP contribution in [0.15, 0.2) is 24.3 Å². The van der Waals surface area contributed by atoms with Gasteiger partial charge in [-0.3, -0.25) is 4.79 Å². The van der Waals surface area contributed by atoms with Gasteiger partial charge in [0.25, 0.3) is 0 Å². The van der Waals surface area contributed by atoms with Crippen LogP contribution in [-0.2, 0) is 4.74 Å². The molecular weight excluding hydrogens is 296 g/mol. The van der Waals surface area contributed by atoms with E-state index in [1.165, 1.54) is 6.42 Å². The Morgan fingerprint density at radius 1 is 1.18 bits per heavy atom. The molecule has 4 heteroatoms. The fourth-order valence-electron chi connectivity index (χ4n) is 3.22. The fourth-order valence-corrected chi connectivity index (χ4v) is 3.55. The van der Waals surface area contributed by atoms with E-state index in [0.717, 1.165) is 30.6 Å². The average molecular weight is 320 g/mol. The van der Waals surface area contributed by atoms with Crippen molar-refractivity contribution in [3.8, 4) is 5.75 Å². The summed E-state index contributed by atoms with van der Waals surface area (Å²) in [4.78, 5) is 12.5. The summed E-state index contributed by atoms with van der Waals surface area (Å²) in [5.74, 6) is 1.90. The van der Waals surface area contributed by atoms with E-state index in [0.29, 0.717) is 29.9 Å². The minimum Gasteiger partial charge on any atom is -0.497 e. The van der Waals surface area contributed by atoms with Gasteiger partial charge in [0.2, 0.25) is 0 Å². The lowest BCUT2D eigenvalue weighted by atomic mass is 9.87. The fraction of sp³-hybridized carbons (Fsp3) is 0.556. The third-order valence-corrected chi connectivity index (χ3v) is 4.69. The summed E-state index contributed by atoms with van der Waals surface area (Å²) < 4.78 is 10.5. The van der Waals surface area contributed by atoms with Crippen molar-refractivity contribution in [1.82, 2.24) is 0 Å². The van der Waals surface area contributed by atoms with E-state index in [1.54, 1.807) is 7.11 Å². The monoisotopic (exact) mass is 320 g/mol. The molecule has 0 amide bonds. The topological polar surface area (TPSA) is 35.5 Å². The summed E-state index contributed by atoms with van der Waals surface area (Å²) in [5.41, 5.74) is 0.763. The van der Waals surface area contributed by atoms with Crippen LogP contribution in [0.2, 0.25) is 0 Å². The van der Waals surface area contributed by atoms with Crippen LogP contribution >= 0.6 is 12.2 Å². The van der Waals surface area contributed by atoms with Gasteiger partial charge in [0.1, 0.15) is 5.75 Å². The number of hydrogen-bond acceptors (Lipinski definition) is 4. The van der Waals surface area contributed by atoms with Gasteiger partial charge in [-0.25, -0.2) is 0 Å². The number of hydrogen-bond donors (Lipinski definition) is 0. The zero-order chi connectivity index (χ0) is 15.9. The first-order chi connectivity index (χ1) is 10.6. The van der Waals surface area contributed by atoms with Gasteiger partial charge < -0.3 is 9.47 Å². The molecular formula is C18H24O3S. The maximum atomic E-state index is 12.5. The van der Waals surface area contributed by atoms with Crippen LogP contribution < -0.4 is 4.74 Å². The summed E-state index contributed by atoms with van der Waals surface area (Å²) in [5, 5.41) is 0.691. The van der Waals surface area contributed by atoms with Crippen LogP contribution in [0.3, 0.4) is 0 Å². The highest BCUT2D eigenvalue weighted by molar-refractivity contribution is 7.80. The molecule has 0 bridgehead atoms. The van der Waals surface area contributed by atoms with Crippen molar-refractivity contribution in [2.45, 2.75) is 39.0 Å². The van der Waals surface area contributed by atoms with E-state index in [9.17, 15) is 4.79 Å². The highest BCUT2D eigenvalue weighted by Gasteiger charge is 2.30. The van der Waals surface area contributed by atoms with Crippen molar-refractivity contribution in [2.24, 2.45) is 11.8 Å². The SMILES string of the molecule is CCOC(=S)C[C@@H]1CCC[C@H]1CC(=O)c1ccc(OC)cc1. The second-order valence-corrected chi connectivity index (χ2v) is 6.27. The van der Waals surface area contributed by atoms with E-state index < -0.39 is 0 Å². The largest absolute Gasteiger partial charge is 0.497 e. The number of carbonyl (C=O) groups excluding carboxylic acids is 1. The molecule has 2 atom stereocenters. The Bertz CT molecular complexity index is 510. The van der Waals surface area contributed by atoms with Crippen LogP contribution in [0.1, 0.15) is 49.4 Å². The van der Waals surface area contributed by atoms with Crippen molar-refractivity contribution in [3.05, 3.63) is 29.8 Å². The molecule has 1 fully saturated rings. The molecule has 2 rings (SSSR count). The molecule has 120 valence electrons. The van der Waals surface area contributed by atoms with E-state index in [1.807, 2.05) is 31.2 Å². The molecule has 1 aliphatic carbocycles. The van der Waals surface area contributed by atoms with Crippen molar-refractivity contribution in [3.63, 3.8) is 0 Å². The van der Waals surface area contributed by atoms with E-state index >= 15 is 0 Å². The molecule has 1 aliphatic rings. The molecule has 0 spiro atoms. The highest BCUT2D eigenvalue weighted by Crippen LogP contribution is 2.37. The molecule has 1 aromatic rings. The van der Waals surface area contributed by atoms with E-state index in [-0.39, 0.29) is 5.78 Å². The number of ether oxygens (including phenoxy) is 2. The first-order valence-corrected chi connectivity index (χ1v) is 8.37. The normalized spacial score (nSPS) is 20.6. The molecule has 0 radical (unpaired) electrons. The smallest absolute Gasteiger partial charge is 0.163 e. The number of thiocarbonyl (C=S) groups is 1. The summed E-state index contributed by atoms with van der Waals surface area (Å²) in [6.07, 6.45) is 4.85. The molecule has 1 saturated carbocycles. The maximum Gasteiger partial charge on any atom is 0.163 e. The van der Waals surface area contributed by atoms with Gasteiger partial charge in [-0.05, 0) is 68.1 Å². The van der Waals surface area contributed by atoms with E-state index in [4.69, 9.17) is 21.7 Å². The van der Waals surface area contributed by atoms with Gasteiger partial charge in [0.15, 0.2) is 10.8 Å². The van der Waals surface area contributed by atoms with Crippen LogP contribution in [0, 0.1) is 11.8 Å². The van der Waals surface area contributed by atoms with Crippen LogP contribution in [0.5, 0.6) is 5.75 Å². The molecule has 0 unspecified atom stereocenters. The molecule has 0 aromatic heterocycles. The van der Waals surface area contributed by atoms with Gasteiger partial charge in [0, 0.05) is 18.4 Å². The summed E-state index contributed by atoms with van der Waals surface area (Å²) in [7, 11) is 1.63. The number of rotatable bonds is 7. The van der Waals surface area contributed by atoms with E-state index in [2.05, 4.69) is 0 Å². The summed E-state index contributed by atoms with van der Waals surface area (Å²) >= 11 is 5.26. The number of methoxy groups -OCH3 is 1. The van der Waals surface area contributed by atoms with Crippen molar-refractivity contribution in [2.75, 3.05) is 13.7 Å². The first-order valence-electron chi connectivity index (χ1n) is 7.97. The number of ketones is 1. The number of Topliss-reactive ketones (excluding diaryl/α,β-unsaturated/α-hetero) is 1. The zero-order valence-corrected chi connectivity index (χ0v) is 14.2. The summed E-state index contributed by atoms with van der Waals surface area (Å²) in [6.45, 7) is 2.58. The predicted molar refractivity (Wildman–Crippen MR) is 91.6 cm³/mol. The lowest BCUT2D eigenvalue weighted by Gasteiger charge is -2.19. The Morgan fingerprint density at radius 3 is 2.41 bits per heavy atom. The molecule has 1 aromatic carbocycles. The quantitative estimate of drug-likeness (QED) is 0.550. The maximum absolute atomic E-state index is 12.5. The minimum atomic E-state index is 0.210. The Morgan fingerprint density at radius 2 is 1.82 bits per heavy atom. The second-order valence-electron chi connectivity index (χ2n) is 5.82. The van der Waals surface area contributed by atoms with Crippen molar-refractivity contribution >= 4 is 23.1 Å². The lowest BCUT2D eigenvalue weighted by molar-refractivity contribution is 0.0950. The molecule has 0 saturated heterocycles. The molecule has 0 heterocycles. The van der Waals surface area contributed by atoms with Gasteiger partial charge in [-0.1, -0.05) is 6.42 Å². The molecule has 22 heavy (non-hydrogen) atoms. The van der Waals surface area contributed by atoms with Crippen molar-refractivity contribution < 1.29 is 14.3 Å². The predicted octanol–water partition coefficient (Wildman–Crippen LogP) is 4.44. The average Bonchev–Trinajstić information content (AvgIpc) is 2.94. The first kappa shape index (κ1) is 16.9. The Balaban J connectivity index is 1.92.